The number of azo groups is 1. The number of aliphatic hydroxyl groups is 1. The summed E-state index contributed by atoms with van der Waals surface area (Å²) >= 11 is 0. The fourth-order valence-corrected chi connectivity index (χ4v) is 1.45. The summed E-state index contributed by atoms with van der Waals surface area (Å²) in [5.41, 5.74) is 2.27. The van der Waals surface area contributed by atoms with Gasteiger partial charge in [0.25, 0.3) is 0 Å². The fraction of sp³-hybridized carbons (Fsp3) is 0.0714. The Morgan fingerprint density at radius 2 is 1.37 bits per heavy atom. The molecule has 0 aliphatic heterocycles. The summed E-state index contributed by atoms with van der Waals surface area (Å²) in [6, 6.07) is 13.2. The maximum Gasteiger partial charge on any atom is 0.335 e. The third-order valence-corrected chi connectivity index (χ3v) is 2.51. The second kappa shape index (κ2) is 5.88. The van der Waals surface area contributed by atoms with Crippen LogP contribution in [0.3, 0.4) is 0 Å². The Morgan fingerprint density at radius 3 is 1.79 bits per heavy atom. The van der Waals surface area contributed by atoms with Crippen molar-refractivity contribution in [2.75, 3.05) is 0 Å². The van der Waals surface area contributed by atoms with Crippen LogP contribution in [0.2, 0.25) is 0 Å². The molecule has 0 saturated heterocycles. The molecule has 2 N–H and O–H groups in total. The minimum atomic E-state index is -0.969. The molecule has 2 aromatic rings. The number of hydrogen-bond acceptors (Lipinski definition) is 4. The lowest BCUT2D eigenvalue weighted by Crippen LogP contribution is -1.93. The molecule has 0 aliphatic carbocycles. The Labute approximate surface area is 109 Å². The number of nitrogens with zero attached hydrogens (tertiary/aromatic N) is 2. The van der Waals surface area contributed by atoms with E-state index >= 15 is 0 Å². The van der Waals surface area contributed by atoms with Gasteiger partial charge in [0.2, 0.25) is 0 Å². The van der Waals surface area contributed by atoms with E-state index in [0.29, 0.717) is 11.4 Å². The van der Waals surface area contributed by atoms with Gasteiger partial charge in [0.1, 0.15) is 0 Å². The number of rotatable bonds is 4. The predicted molar refractivity (Wildman–Crippen MR) is 69.9 cm³/mol. The summed E-state index contributed by atoms with van der Waals surface area (Å²) in [7, 11) is 0. The van der Waals surface area contributed by atoms with Crippen LogP contribution in [0, 0.1) is 0 Å². The van der Waals surface area contributed by atoms with Gasteiger partial charge in [0, 0.05) is 0 Å². The van der Waals surface area contributed by atoms with Gasteiger partial charge in [0.15, 0.2) is 0 Å². The molecule has 0 aromatic heterocycles. The Balaban J connectivity index is 2.10. The molecule has 5 nitrogen and oxygen atoms in total. The summed E-state index contributed by atoms with van der Waals surface area (Å²) < 4.78 is 0. The Bertz CT molecular complexity index is 589. The Morgan fingerprint density at radius 1 is 0.895 bits per heavy atom. The standard InChI is InChI=1S/C14H12N2O3/c17-9-10-1-5-12(6-2-10)15-16-13-7-3-11(4-8-13)14(18)19/h1-8,17H,9H2,(H,18,19). The van der Waals surface area contributed by atoms with Crippen molar-refractivity contribution >= 4 is 17.3 Å². The number of benzene rings is 2. The molecular formula is C14H12N2O3. The van der Waals surface area contributed by atoms with Crippen LogP contribution >= 0.6 is 0 Å². The molecule has 0 radical (unpaired) electrons. The van der Waals surface area contributed by atoms with Crippen molar-refractivity contribution in [1.82, 2.24) is 0 Å². The van der Waals surface area contributed by atoms with Crippen molar-refractivity contribution < 1.29 is 15.0 Å². The van der Waals surface area contributed by atoms with Gasteiger partial charge < -0.3 is 10.2 Å². The zero-order chi connectivity index (χ0) is 13.7. The largest absolute Gasteiger partial charge is 0.478 e. The van der Waals surface area contributed by atoms with E-state index in [1.165, 1.54) is 12.1 Å². The SMILES string of the molecule is O=C(O)c1ccc(N=Nc2ccc(CO)cc2)cc1. The van der Waals surface area contributed by atoms with Crippen LogP contribution in [0.25, 0.3) is 0 Å². The number of hydrogen-bond donors (Lipinski definition) is 2. The van der Waals surface area contributed by atoms with Crippen molar-refractivity contribution in [2.24, 2.45) is 10.2 Å². The molecule has 0 heterocycles. The number of carboxylic acid groups (broad SMARTS) is 1. The highest BCUT2D eigenvalue weighted by Crippen LogP contribution is 2.19. The number of aromatic carboxylic acids is 1. The molecule has 0 amide bonds. The third kappa shape index (κ3) is 3.46. The molecule has 0 bridgehead atoms. The van der Waals surface area contributed by atoms with Crippen LogP contribution in [-0.2, 0) is 6.61 Å². The summed E-state index contributed by atoms with van der Waals surface area (Å²) in [6.45, 7) is -0.00588. The number of carboxylic acids is 1. The zero-order valence-corrected chi connectivity index (χ0v) is 10.0. The summed E-state index contributed by atoms with van der Waals surface area (Å²) in [5.74, 6) is -0.969. The summed E-state index contributed by atoms with van der Waals surface area (Å²) in [4.78, 5) is 10.7. The molecule has 0 atom stereocenters. The maximum atomic E-state index is 10.7. The molecule has 0 saturated carbocycles. The second-order valence-electron chi connectivity index (χ2n) is 3.88. The minimum absolute atomic E-state index is 0.00588. The van der Waals surface area contributed by atoms with Gasteiger partial charge in [-0.2, -0.15) is 10.2 Å². The molecule has 96 valence electrons. The number of carbonyl (C=O) groups is 1. The first-order valence-corrected chi connectivity index (χ1v) is 5.64. The quantitative estimate of drug-likeness (QED) is 0.823. The van der Waals surface area contributed by atoms with E-state index in [9.17, 15) is 4.79 Å². The lowest BCUT2D eigenvalue weighted by Gasteiger charge is -1.97. The van der Waals surface area contributed by atoms with Crippen molar-refractivity contribution in [2.45, 2.75) is 6.61 Å². The van der Waals surface area contributed by atoms with Gasteiger partial charge in [-0.15, -0.1) is 0 Å². The average molecular weight is 256 g/mol. The van der Waals surface area contributed by atoms with E-state index in [1.807, 2.05) is 0 Å². The molecule has 2 rings (SSSR count). The fourth-order valence-electron chi connectivity index (χ4n) is 1.45. The van der Waals surface area contributed by atoms with E-state index in [4.69, 9.17) is 10.2 Å². The van der Waals surface area contributed by atoms with E-state index in [2.05, 4.69) is 10.2 Å². The first-order chi connectivity index (χ1) is 9.19. The third-order valence-electron chi connectivity index (χ3n) is 2.51. The van der Waals surface area contributed by atoms with Crippen LogP contribution in [0.1, 0.15) is 15.9 Å². The van der Waals surface area contributed by atoms with Crippen molar-refractivity contribution in [1.29, 1.82) is 0 Å². The van der Waals surface area contributed by atoms with Crippen LogP contribution in [0.15, 0.2) is 58.8 Å². The first kappa shape index (κ1) is 12.9. The van der Waals surface area contributed by atoms with E-state index in [-0.39, 0.29) is 12.2 Å². The van der Waals surface area contributed by atoms with Gasteiger partial charge in [-0.1, -0.05) is 12.1 Å². The highest BCUT2D eigenvalue weighted by atomic mass is 16.4. The first-order valence-electron chi connectivity index (χ1n) is 5.64. The molecule has 0 fully saturated rings. The molecule has 2 aromatic carbocycles. The van der Waals surface area contributed by atoms with E-state index in [0.717, 1.165) is 5.56 Å². The van der Waals surface area contributed by atoms with Gasteiger partial charge in [-0.05, 0) is 42.0 Å². The Kier molecular flexibility index (Phi) is 4.00. The van der Waals surface area contributed by atoms with Crippen LogP contribution < -0.4 is 0 Å². The highest BCUT2D eigenvalue weighted by Gasteiger charge is 2.00. The van der Waals surface area contributed by atoms with Gasteiger partial charge >= 0.3 is 5.97 Å². The topological polar surface area (TPSA) is 82.2 Å². The minimum Gasteiger partial charge on any atom is -0.478 e. The molecule has 0 unspecified atom stereocenters. The zero-order valence-electron chi connectivity index (χ0n) is 10.0. The smallest absolute Gasteiger partial charge is 0.335 e. The monoisotopic (exact) mass is 256 g/mol. The maximum absolute atomic E-state index is 10.7. The molecule has 19 heavy (non-hydrogen) atoms. The van der Waals surface area contributed by atoms with Crippen LogP contribution in [0.5, 0.6) is 0 Å². The van der Waals surface area contributed by atoms with E-state index < -0.39 is 5.97 Å². The van der Waals surface area contributed by atoms with Crippen LogP contribution in [-0.4, -0.2) is 16.2 Å². The number of aliphatic hydroxyl groups excluding tert-OH is 1. The normalized spacial score (nSPS) is 10.8. The highest BCUT2D eigenvalue weighted by molar-refractivity contribution is 5.87. The Hall–Kier alpha value is -2.53. The molecular weight excluding hydrogens is 244 g/mol. The molecule has 0 aliphatic rings. The molecule has 5 heteroatoms. The van der Waals surface area contributed by atoms with Gasteiger partial charge in [-0.25, -0.2) is 4.79 Å². The van der Waals surface area contributed by atoms with E-state index in [1.54, 1.807) is 36.4 Å². The lowest BCUT2D eigenvalue weighted by atomic mass is 10.2. The summed E-state index contributed by atoms with van der Waals surface area (Å²) in [5, 5.41) is 25.7. The van der Waals surface area contributed by atoms with Crippen molar-refractivity contribution in [3.8, 4) is 0 Å². The lowest BCUT2D eigenvalue weighted by molar-refractivity contribution is 0.0697. The van der Waals surface area contributed by atoms with Gasteiger partial charge in [0.05, 0.1) is 23.5 Å². The van der Waals surface area contributed by atoms with Crippen molar-refractivity contribution in [3.63, 3.8) is 0 Å². The summed E-state index contributed by atoms with van der Waals surface area (Å²) in [6.07, 6.45) is 0. The second-order valence-corrected chi connectivity index (χ2v) is 3.88. The average Bonchev–Trinajstić information content (AvgIpc) is 2.46. The predicted octanol–water partition coefficient (Wildman–Crippen LogP) is 3.29. The van der Waals surface area contributed by atoms with Gasteiger partial charge in [-0.3, -0.25) is 0 Å². The van der Waals surface area contributed by atoms with Crippen LogP contribution in [0.4, 0.5) is 11.4 Å². The molecule has 0 spiro atoms. The van der Waals surface area contributed by atoms with Crippen molar-refractivity contribution in [3.05, 3.63) is 59.7 Å².